The third-order valence-corrected chi connectivity index (χ3v) is 3.46. The van der Waals surface area contributed by atoms with E-state index in [1.807, 2.05) is 12.1 Å². The molecule has 2 aromatic rings. The lowest BCUT2D eigenvalue weighted by molar-refractivity contribution is -0.111. The zero-order valence-electron chi connectivity index (χ0n) is 12.3. The molecule has 0 aliphatic carbocycles. The van der Waals surface area contributed by atoms with Gasteiger partial charge in [-0.3, -0.25) is 4.79 Å². The van der Waals surface area contributed by atoms with Gasteiger partial charge in [0, 0.05) is 17.8 Å². The third-order valence-electron chi connectivity index (χ3n) is 3.46. The van der Waals surface area contributed by atoms with Crippen molar-refractivity contribution in [2.24, 2.45) is 0 Å². The van der Waals surface area contributed by atoms with Gasteiger partial charge in [0.25, 0.3) is 0 Å². The van der Waals surface area contributed by atoms with E-state index in [-0.39, 0.29) is 12.7 Å². The topological polar surface area (TPSA) is 47.6 Å². The standard InChI is InChI=1S/C18H17NO3/c1-2-13-3-5-14(6-4-13)7-10-18(20)19-15-8-9-16-17(11-15)22-12-21-16/h3-11H,2,12H2,1H3,(H,19,20)/b10-7+. The molecule has 4 heteroatoms. The molecule has 0 aromatic heterocycles. The maximum absolute atomic E-state index is 11.9. The summed E-state index contributed by atoms with van der Waals surface area (Å²) >= 11 is 0. The Morgan fingerprint density at radius 2 is 1.91 bits per heavy atom. The van der Waals surface area contributed by atoms with Gasteiger partial charge in [0.1, 0.15) is 0 Å². The molecular weight excluding hydrogens is 278 g/mol. The summed E-state index contributed by atoms with van der Waals surface area (Å²) in [6.45, 7) is 2.34. The lowest BCUT2D eigenvalue weighted by Crippen LogP contribution is -2.07. The molecule has 0 saturated carbocycles. The van der Waals surface area contributed by atoms with Gasteiger partial charge in [-0.1, -0.05) is 31.2 Å². The monoisotopic (exact) mass is 295 g/mol. The highest BCUT2D eigenvalue weighted by molar-refractivity contribution is 6.02. The number of hydrogen-bond acceptors (Lipinski definition) is 3. The molecular formula is C18H17NO3. The quantitative estimate of drug-likeness (QED) is 0.876. The Hall–Kier alpha value is -2.75. The highest BCUT2D eigenvalue weighted by Gasteiger charge is 2.13. The molecule has 1 aliphatic heterocycles. The number of fused-ring (bicyclic) bond motifs is 1. The molecule has 1 N–H and O–H groups in total. The second-order valence-corrected chi connectivity index (χ2v) is 4.99. The molecule has 1 aliphatic rings. The number of ether oxygens (including phenoxy) is 2. The van der Waals surface area contributed by atoms with Gasteiger partial charge >= 0.3 is 0 Å². The molecule has 2 aromatic carbocycles. The average molecular weight is 295 g/mol. The summed E-state index contributed by atoms with van der Waals surface area (Å²) in [5.74, 6) is 1.17. The van der Waals surface area contributed by atoms with Crippen molar-refractivity contribution in [2.75, 3.05) is 12.1 Å². The van der Waals surface area contributed by atoms with Gasteiger partial charge in [0.15, 0.2) is 11.5 Å². The number of hydrogen-bond donors (Lipinski definition) is 1. The SMILES string of the molecule is CCc1ccc(/C=C/C(=O)Nc2ccc3c(c2)OCO3)cc1. The number of amides is 1. The van der Waals surface area contributed by atoms with Crippen molar-refractivity contribution in [1.82, 2.24) is 0 Å². The van der Waals surface area contributed by atoms with Crippen LogP contribution in [-0.2, 0) is 11.2 Å². The van der Waals surface area contributed by atoms with Crippen LogP contribution in [0.4, 0.5) is 5.69 Å². The Kier molecular flexibility index (Phi) is 4.10. The van der Waals surface area contributed by atoms with Crippen LogP contribution in [0.25, 0.3) is 6.08 Å². The molecule has 0 fully saturated rings. The second kappa shape index (κ2) is 6.35. The first-order chi connectivity index (χ1) is 10.7. The fourth-order valence-corrected chi connectivity index (χ4v) is 2.19. The van der Waals surface area contributed by atoms with Gasteiger partial charge in [-0.05, 0) is 35.8 Å². The normalized spacial score (nSPS) is 12.6. The first kappa shape index (κ1) is 14.2. The van der Waals surface area contributed by atoms with Gasteiger partial charge in [-0.25, -0.2) is 0 Å². The van der Waals surface area contributed by atoms with Crippen molar-refractivity contribution in [3.8, 4) is 11.5 Å². The predicted molar refractivity (Wildman–Crippen MR) is 86.0 cm³/mol. The molecule has 4 nitrogen and oxygen atoms in total. The largest absolute Gasteiger partial charge is 0.454 e. The number of anilines is 1. The first-order valence-corrected chi connectivity index (χ1v) is 7.22. The Bertz CT molecular complexity index is 705. The molecule has 112 valence electrons. The summed E-state index contributed by atoms with van der Waals surface area (Å²) in [6, 6.07) is 13.5. The van der Waals surface area contributed by atoms with Crippen LogP contribution in [-0.4, -0.2) is 12.7 Å². The summed E-state index contributed by atoms with van der Waals surface area (Å²) in [5.41, 5.74) is 2.96. The lowest BCUT2D eigenvalue weighted by Gasteiger charge is -2.03. The van der Waals surface area contributed by atoms with Crippen molar-refractivity contribution >= 4 is 17.7 Å². The summed E-state index contributed by atoms with van der Waals surface area (Å²) < 4.78 is 10.5. The molecule has 1 heterocycles. The number of rotatable bonds is 4. The van der Waals surface area contributed by atoms with Gasteiger partial charge in [0.2, 0.25) is 12.7 Å². The average Bonchev–Trinajstić information content (AvgIpc) is 3.01. The molecule has 1 amide bonds. The molecule has 22 heavy (non-hydrogen) atoms. The number of carbonyl (C=O) groups is 1. The highest BCUT2D eigenvalue weighted by Crippen LogP contribution is 2.34. The van der Waals surface area contributed by atoms with Gasteiger partial charge < -0.3 is 14.8 Å². The van der Waals surface area contributed by atoms with E-state index in [9.17, 15) is 4.79 Å². The maximum Gasteiger partial charge on any atom is 0.248 e. The summed E-state index contributed by atoms with van der Waals surface area (Å²) in [4.78, 5) is 11.9. The Morgan fingerprint density at radius 3 is 2.68 bits per heavy atom. The van der Waals surface area contributed by atoms with Crippen LogP contribution >= 0.6 is 0 Å². The molecule has 0 bridgehead atoms. The minimum absolute atomic E-state index is 0.182. The number of nitrogens with one attached hydrogen (secondary N) is 1. The van der Waals surface area contributed by atoms with Crippen LogP contribution < -0.4 is 14.8 Å². The smallest absolute Gasteiger partial charge is 0.248 e. The van der Waals surface area contributed by atoms with Crippen LogP contribution in [0.2, 0.25) is 0 Å². The molecule has 0 spiro atoms. The summed E-state index contributed by atoms with van der Waals surface area (Å²) in [6.07, 6.45) is 4.32. The number of carbonyl (C=O) groups excluding carboxylic acids is 1. The Morgan fingerprint density at radius 1 is 1.14 bits per heavy atom. The van der Waals surface area contributed by atoms with E-state index in [2.05, 4.69) is 24.4 Å². The van der Waals surface area contributed by atoms with Gasteiger partial charge in [0.05, 0.1) is 0 Å². The fourth-order valence-electron chi connectivity index (χ4n) is 2.19. The van der Waals surface area contributed by atoms with Gasteiger partial charge in [-0.15, -0.1) is 0 Å². The zero-order valence-corrected chi connectivity index (χ0v) is 12.3. The maximum atomic E-state index is 11.9. The Balaban J connectivity index is 1.63. The zero-order chi connectivity index (χ0) is 15.4. The predicted octanol–water partition coefficient (Wildman–Crippen LogP) is 3.63. The highest BCUT2D eigenvalue weighted by atomic mass is 16.7. The van der Waals surface area contributed by atoms with E-state index in [0.29, 0.717) is 17.2 Å². The van der Waals surface area contributed by atoms with E-state index in [0.717, 1.165) is 12.0 Å². The lowest BCUT2D eigenvalue weighted by atomic mass is 10.1. The van der Waals surface area contributed by atoms with E-state index in [1.165, 1.54) is 11.6 Å². The summed E-state index contributed by atoms with van der Waals surface area (Å²) in [5, 5.41) is 2.80. The van der Waals surface area contributed by atoms with E-state index in [1.54, 1.807) is 24.3 Å². The van der Waals surface area contributed by atoms with Crippen LogP contribution in [0, 0.1) is 0 Å². The molecule has 0 unspecified atom stereocenters. The van der Waals surface area contributed by atoms with Crippen molar-refractivity contribution in [2.45, 2.75) is 13.3 Å². The number of aryl methyl sites for hydroxylation is 1. The van der Waals surface area contributed by atoms with Gasteiger partial charge in [-0.2, -0.15) is 0 Å². The third kappa shape index (κ3) is 3.28. The van der Waals surface area contributed by atoms with E-state index in [4.69, 9.17) is 9.47 Å². The van der Waals surface area contributed by atoms with E-state index < -0.39 is 0 Å². The minimum atomic E-state index is -0.182. The van der Waals surface area contributed by atoms with Crippen LogP contribution in [0.1, 0.15) is 18.1 Å². The van der Waals surface area contributed by atoms with E-state index >= 15 is 0 Å². The van der Waals surface area contributed by atoms with Crippen LogP contribution in [0.3, 0.4) is 0 Å². The molecule has 0 atom stereocenters. The van der Waals surface area contributed by atoms with Crippen molar-refractivity contribution in [3.63, 3.8) is 0 Å². The van der Waals surface area contributed by atoms with Crippen LogP contribution in [0.15, 0.2) is 48.5 Å². The molecule has 0 saturated heterocycles. The van der Waals surface area contributed by atoms with Crippen molar-refractivity contribution in [1.29, 1.82) is 0 Å². The fraction of sp³-hybridized carbons (Fsp3) is 0.167. The number of benzene rings is 2. The van der Waals surface area contributed by atoms with Crippen LogP contribution in [0.5, 0.6) is 11.5 Å². The molecule has 3 rings (SSSR count). The summed E-state index contributed by atoms with van der Waals surface area (Å²) in [7, 11) is 0. The van der Waals surface area contributed by atoms with Crippen molar-refractivity contribution < 1.29 is 14.3 Å². The Labute approximate surface area is 129 Å². The first-order valence-electron chi connectivity index (χ1n) is 7.22. The molecule has 0 radical (unpaired) electrons. The second-order valence-electron chi connectivity index (χ2n) is 4.99. The minimum Gasteiger partial charge on any atom is -0.454 e. The van der Waals surface area contributed by atoms with Crippen molar-refractivity contribution in [3.05, 3.63) is 59.7 Å².